The number of rotatable bonds is 8. The van der Waals surface area contributed by atoms with Gasteiger partial charge in [0.25, 0.3) is 11.8 Å². The maximum absolute atomic E-state index is 12.1. The van der Waals surface area contributed by atoms with Crippen LogP contribution in [0.3, 0.4) is 0 Å². The molecule has 0 aromatic heterocycles. The lowest BCUT2D eigenvalue weighted by molar-refractivity contribution is -0.119. The van der Waals surface area contributed by atoms with Crippen LogP contribution in [0.25, 0.3) is 0 Å². The van der Waals surface area contributed by atoms with Crippen molar-refractivity contribution in [3.63, 3.8) is 0 Å². The molecule has 1 aliphatic carbocycles. The molecule has 22 heavy (non-hydrogen) atoms. The van der Waals surface area contributed by atoms with Crippen molar-refractivity contribution in [3.05, 3.63) is 23.8 Å². The molecule has 0 spiro atoms. The molecule has 1 aliphatic rings. The van der Waals surface area contributed by atoms with Crippen molar-refractivity contribution >= 4 is 11.8 Å². The Bertz CT molecular complexity index is 558. The molecule has 2 rings (SSSR count). The van der Waals surface area contributed by atoms with Crippen LogP contribution in [0.2, 0.25) is 0 Å². The number of hydrogen-bond acceptors (Lipinski definition) is 5. The molecule has 0 saturated heterocycles. The first-order chi connectivity index (χ1) is 10.5. The molecule has 5 N–H and O–H groups in total. The average Bonchev–Trinajstić information content (AvgIpc) is 3.34. The number of nitrogens with two attached hydrogens (primary N) is 2. The van der Waals surface area contributed by atoms with Crippen LogP contribution in [0.1, 0.15) is 23.2 Å². The highest BCUT2D eigenvalue weighted by Gasteiger charge is 2.28. The Morgan fingerprint density at radius 3 is 2.68 bits per heavy atom. The highest BCUT2D eigenvalue weighted by Crippen LogP contribution is 2.31. The van der Waals surface area contributed by atoms with E-state index in [-0.39, 0.29) is 18.6 Å². The number of nitrogens with one attached hydrogen (secondary N) is 1. The lowest BCUT2D eigenvalue weighted by Gasteiger charge is -2.13. The van der Waals surface area contributed by atoms with Crippen LogP contribution in [0.5, 0.6) is 11.5 Å². The Morgan fingerprint density at radius 2 is 2.09 bits per heavy atom. The molecule has 7 heteroatoms. The summed E-state index contributed by atoms with van der Waals surface area (Å²) in [5, 5.41) is 2.81. The van der Waals surface area contributed by atoms with E-state index >= 15 is 0 Å². The number of carbonyl (C=O) groups excluding carboxylic acids is 2. The van der Waals surface area contributed by atoms with Crippen molar-refractivity contribution in [1.82, 2.24) is 5.32 Å². The number of primary amides is 1. The van der Waals surface area contributed by atoms with E-state index in [2.05, 4.69) is 5.32 Å². The summed E-state index contributed by atoms with van der Waals surface area (Å²) in [7, 11) is 1.46. The second-order valence-corrected chi connectivity index (χ2v) is 5.33. The number of hydrogen-bond donors (Lipinski definition) is 3. The highest BCUT2D eigenvalue weighted by molar-refractivity contribution is 5.94. The minimum absolute atomic E-state index is 0.00372. The molecule has 0 aliphatic heterocycles. The molecule has 0 heterocycles. The second-order valence-electron chi connectivity index (χ2n) is 5.33. The SMILES string of the molecule is COc1cc(C(=O)NCC(N)C2CC2)ccc1OCC(N)=O. The van der Waals surface area contributed by atoms with Crippen LogP contribution < -0.4 is 26.3 Å². The summed E-state index contributed by atoms with van der Waals surface area (Å²) in [4.78, 5) is 22.8. The van der Waals surface area contributed by atoms with Gasteiger partial charge in [-0.05, 0) is 37.0 Å². The lowest BCUT2D eigenvalue weighted by Crippen LogP contribution is -2.38. The van der Waals surface area contributed by atoms with Gasteiger partial charge in [0.05, 0.1) is 7.11 Å². The Balaban J connectivity index is 1.97. The smallest absolute Gasteiger partial charge is 0.255 e. The number of carbonyl (C=O) groups is 2. The fourth-order valence-electron chi connectivity index (χ4n) is 2.08. The van der Waals surface area contributed by atoms with E-state index in [1.54, 1.807) is 18.2 Å². The number of benzene rings is 1. The third-order valence-corrected chi connectivity index (χ3v) is 3.52. The van der Waals surface area contributed by atoms with Crippen molar-refractivity contribution in [2.45, 2.75) is 18.9 Å². The minimum atomic E-state index is -0.585. The van der Waals surface area contributed by atoms with Crippen molar-refractivity contribution in [3.8, 4) is 11.5 Å². The van der Waals surface area contributed by atoms with Crippen molar-refractivity contribution in [2.75, 3.05) is 20.3 Å². The largest absolute Gasteiger partial charge is 0.493 e. The lowest BCUT2D eigenvalue weighted by atomic mass is 10.1. The van der Waals surface area contributed by atoms with Crippen LogP contribution in [0, 0.1) is 5.92 Å². The number of amides is 2. The van der Waals surface area contributed by atoms with Gasteiger partial charge >= 0.3 is 0 Å². The van der Waals surface area contributed by atoms with Gasteiger partial charge in [-0.3, -0.25) is 9.59 Å². The van der Waals surface area contributed by atoms with Gasteiger partial charge in [-0.25, -0.2) is 0 Å². The predicted octanol–water partition coefficient (Wildman–Crippen LogP) is 0.0264. The summed E-state index contributed by atoms with van der Waals surface area (Å²) >= 11 is 0. The summed E-state index contributed by atoms with van der Waals surface area (Å²) in [6, 6.07) is 4.71. The first kappa shape index (κ1) is 16.1. The minimum Gasteiger partial charge on any atom is -0.493 e. The van der Waals surface area contributed by atoms with E-state index in [0.29, 0.717) is 29.5 Å². The van der Waals surface area contributed by atoms with Crippen LogP contribution in [0.4, 0.5) is 0 Å². The molecular weight excluding hydrogens is 286 g/mol. The molecular formula is C15H21N3O4. The van der Waals surface area contributed by atoms with E-state index in [4.69, 9.17) is 20.9 Å². The van der Waals surface area contributed by atoms with Crippen LogP contribution in [0.15, 0.2) is 18.2 Å². The highest BCUT2D eigenvalue weighted by atomic mass is 16.5. The van der Waals surface area contributed by atoms with Crippen LogP contribution >= 0.6 is 0 Å². The molecule has 0 radical (unpaired) electrons. The fraction of sp³-hybridized carbons (Fsp3) is 0.467. The second kappa shape index (κ2) is 7.13. The molecule has 7 nitrogen and oxygen atoms in total. The Kier molecular flexibility index (Phi) is 5.21. The summed E-state index contributed by atoms with van der Waals surface area (Å²) in [6.45, 7) is 0.198. The maximum atomic E-state index is 12.1. The average molecular weight is 307 g/mol. The number of ether oxygens (including phenoxy) is 2. The van der Waals surface area contributed by atoms with Gasteiger partial charge in [0.2, 0.25) is 0 Å². The third kappa shape index (κ3) is 4.36. The van der Waals surface area contributed by atoms with E-state index in [1.165, 1.54) is 7.11 Å². The summed E-state index contributed by atoms with van der Waals surface area (Å²) < 4.78 is 10.4. The summed E-state index contributed by atoms with van der Waals surface area (Å²) in [6.07, 6.45) is 2.27. The first-order valence-electron chi connectivity index (χ1n) is 7.14. The van der Waals surface area contributed by atoms with E-state index in [0.717, 1.165) is 12.8 Å². The summed E-state index contributed by atoms with van der Waals surface area (Å²) in [5.74, 6) is 0.432. The molecule has 120 valence electrons. The molecule has 1 atom stereocenters. The molecule has 0 bridgehead atoms. The van der Waals surface area contributed by atoms with Crippen molar-refractivity contribution in [1.29, 1.82) is 0 Å². The topological polar surface area (TPSA) is 117 Å². The Labute approximate surface area is 128 Å². The van der Waals surface area contributed by atoms with Gasteiger partial charge in [0, 0.05) is 18.2 Å². The van der Waals surface area contributed by atoms with Gasteiger partial charge < -0.3 is 26.3 Å². The van der Waals surface area contributed by atoms with Gasteiger partial charge in [-0.2, -0.15) is 0 Å². The van der Waals surface area contributed by atoms with E-state index < -0.39 is 5.91 Å². The summed E-state index contributed by atoms with van der Waals surface area (Å²) in [5.41, 5.74) is 11.4. The number of methoxy groups -OCH3 is 1. The normalized spacial score (nSPS) is 15.0. The van der Waals surface area contributed by atoms with Crippen LogP contribution in [-0.2, 0) is 4.79 Å². The zero-order chi connectivity index (χ0) is 16.1. The van der Waals surface area contributed by atoms with Gasteiger partial charge in [-0.1, -0.05) is 0 Å². The molecule has 1 aromatic carbocycles. The molecule has 1 aromatic rings. The van der Waals surface area contributed by atoms with Gasteiger partial charge in [0.1, 0.15) is 0 Å². The Hall–Kier alpha value is -2.28. The van der Waals surface area contributed by atoms with Gasteiger partial charge in [-0.15, -0.1) is 0 Å². The fourth-order valence-corrected chi connectivity index (χ4v) is 2.08. The van der Waals surface area contributed by atoms with Crippen molar-refractivity contribution < 1.29 is 19.1 Å². The van der Waals surface area contributed by atoms with Gasteiger partial charge in [0.15, 0.2) is 18.1 Å². The monoisotopic (exact) mass is 307 g/mol. The Morgan fingerprint density at radius 1 is 1.36 bits per heavy atom. The molecule has 2 amide bonds. The molecule has 1 fully saturated rings. The zero-order valence-corrected chi connectivity index (χ0v) is 12.5. The quantitative estimate of drug-likeness (QED) is 0.626. The van der Waals surface area contributed by atoms with Crippen LogP contribution in [-0.4, -0.2) is 38.1 Å². The maximum Gasteiger partial charge on any atom is 0.255 e. The first-order valence-corrected chi connectivity index (χ1v) is 7.14. The predicted molar refractivity (Wildman–Crippen MR) is 80.7 cm³/mol. The van der Waals surface area contributed by atoms with E-state index in [1.807, 2.05) is 0 Å². The molecule has 1 saturated carbocycles. The zero-order valence-electron chi connectivity index (χ0n) is 12.5. The standard InChI is InChI=1S/C15H21N3O4/c1-21-13-6-10(4-5-12(13)22-8-14(17)19)15(20)18-7-11(16)9-2-3-9/h4-6,9,11H,2-3,7-8,16H2,1H3,(H2,17,19)(H,18,20). The van der Waals surface area contributed by atoms with E-state index in [9.17, 15) is 9.59 Å². The molecule has 1 unspecified atom stereocenters. The third-order valence-electron chi connectivity index (χ3n) is 3.52. The van der Waals surface area contributed by atoms with Crippen molar-refractivity contribution in [2.24, 2.45) is 17.4 Å².